The van der Waals surface area contributed by atoms with Gasteiger partial charge in [0, 0.05) is 38.6 Å². The highest BCUT2D eigenvalue weighted by molar-refractivity contribution is 5.78. The highest BCUT2D eigenvalue weighted by Crippen LogP contribution is 2.15. The molecule has 3 heteroatoms. The molecule has 1 saturated heterocycles. The first-order chi connectivity index (χ1) is 9.47. The molecule has 1 aromatic carbocycles. The fraction of sp³-hybridized carbons (Fsp3) is 0.588. The average molecular weight is 274 g/mol. The number of amides is 1. The smallest absolute Gasteiger partial charge is 0.225 e. The predicted molar refractivity (Wildman–Crippen MR) is 82.6 cm³/mol. The molecule has 0 saturated carbocycles. The summed E-state index contributed by atoms with van der Waals surface area (Å²) in [6, 6.07) is 6.64. The molecule has 2 rings (SSSR count). The molecule has 3 nitrogen and oxygen atoms in total. The zero-order valence-corrected chi connectivity index (χ0v) is 13.1. The van der Waals surface area contributed by atoms with E-state index in [0.717, 1.165) is 32.7 Å². The molecule has 0 bridgehead atoms. The van der Waals surface area contributed by atoms with Gasteiger partial charge in [-0.3, -0.25) is 9.69 Å². The van der Waals surface area contributed by atoms with Crippen molar-refractivity contribution >= 4 is 5.91 Å². The van der Waals surface area contributed by atoms with E-state index in [1.165, 1.54) is 16.7 Å². The molecule has 0 spiro atoms. The Morgan fingerprint density at radius 1 is 1.15 bits per heavy atom. The maximum atomic E-state index is 12.0. The maximum absolute atomic E-state index is 12.0. The van der Waals surface area contributed by atoms with Crippen LogP contribution >= 0.6 is 0 Å². The zero-order chi connectivity index (χ0) is 14.7. The second-order valence-electron chi connectivity index (χ2n) is 6.19. The van der Waals surface area contributed by atoms with Gasteiger partial charge >= 0.3 is 0 Å². The van der Waals surface area contributed by atoms with E-state index in [9.17, 15) is 4.79 Å². The lowest BCUT2D eigenvalue weighted by atomic mass is 10.0. The van der Waals surface area contributed by atoms with Crippen LogP contribution in [0.25, 0.3) is 0 Å². The lowest BCUT2D eigenvalue weighted by Gasteiger charge is -2.35. The molecule has 0 aromatic heterocycles. The van der Waals surface area contributed by atoms with E-state index in [0.29, 0.717) is 0 Å². The first-order valence-electron chi connectivity index (χ1n) is 7.54. The van der Waals surface area contributed by atoms with E-state index in [2.05, 4.69) is 36.9 Å². The molecule has 0 radical (unpaired) electrons. The van der Waals surface area contributed by atoms with E-state index >= 15 is 0 Å². The van der Waals surface area contributed by atoms with Crippen molar-refractivity contribution in [1.82, 2.24) is 9.80 Å². The minimum absolute atomic E-state index is 0.112. The van der Waals surface area contributed by atoms with Crippen molar-refractivity contribution in [3.63, 3.8) is 0 Å². The topological polar surface area (TPSA) is 23.6 Å². The summed E-state index contributed by atoms with van der Waals surface area (Å²) >= 11 is 0. The third-order valence-corrected chi connectivity index (χ3v) is 4.08. The number of aryl methyl sites for hydroxylation is 2. The lowest BCUT2D eigenvalue weighted by molar-refractivity contribution is -0.136. The molecular weight excluding hydrogens is 248 g/mol. The van der Waals surface area contributed by atoms with Gasteiger partial charge in [-0.2, -0.15) is 0 Å². The summed E-state index contributed by atoms with van der Waals surface area (Å²) in [4.78, 5) is 16.4. The Balaban J connectivity index is 1.91. The van der Waals surface area contributed by atoms with Gasteiger partial charge in [0.15, 0.2) is 0 Å². The van der Waals surface area contributed by atoms with Crippen LogP contribution in [0.2, 0.25) is 0 Å². The molecule has 1 amide bonds. The zero-order valence-electron chi connectivity index (χ0n) is 13.1. The third kappa shape index (κ3) is 3.60. The van der Waals surface area contributed by atoms with Crippen LogP contribution in [0.1, 0.15) is 30.5 Å². The molecule has 20 heavy (non-hydrogen) atoms. The monoisotopic (exact) mass is 274 g/mol. The van der Waals surface area contributed by atoms with Crippen LogP contribution in [-0.2, 0) is 11.3 Å². The SMILES string of the molecule is Cc1ccc(C)c(CN2CCN(C(=O)C(C)C)CC2)c1. The summed E-state index contributed by atoms with van der Waals surface area (Å²) in [5, 5.41) is 0. The minimum atomic E-state index is 0.112. The van der Waals surface area contributed by atoms with Gasteiger partial charge in [0.1, 0.15) is 0 Å². The van der Waals surface area contributed by atoms with Gasteiger partial charge in [-0.15, -0.1) is 0 Å². The quantitative estimate of drug-likeness (QED) is 0.846. The van der Waals surface area contributed by atoms with Crippen LogP contribution in [0.4, 0.5) is 0 Å². The van der Waals surface area contributed by atoms with E-state index < -0.39 is 0 Å². The molecule has 1 aliphatic rings. The predicted octanol–water partition coefficient (Wildman–Crippen LogP) is 2.60. The van der Waals surface area contributed by atoms with Gasteiger partial charge in [-0.25, -0.2) is 0 Å². The molecule has 0 aliphatic carbocycles. The van der Waals surface area contributed by atoms with Gasteiger partial charge in [0.2, 0.25) is 5.91 Å². The largest absolute Gasteiger partial charge is 0.340 e. The summed E-state index contributed by atoms with van der Waals surface area (Å²) < 4.78 is 0. The van der Waals surface area contributed by atoms with Crippen LogP contribution in [0, 0.1) is 19.8 Å². The van der Waals surface area contributed by atoms with Gasteiger partial charge in [-0.1, -0.05) is 37.6 Å². The van der Waals surface area contributed by atoms with Crippen LogP contribution < -0.4 is 0 Å². The molecule has 1 aromatic rings. The van der Waals surface area contributed by atoms with Crippen molar-refractivity contribution < 1.29 is 4.79 Å². The van der Waals surface area contributed by atoms with Crippen molar-refractivity contribution in [2.24, 2.45) is 5.92 Å². The molecule has 1 fully saturated rings. The van der Waals surface area contributed by atoms with Gasteiger partial charge < -0.3 is 4.90 Å². The van der Waals surface area contributed by atoms with Crippen LogP contribution in [-0.4, -0.2) is 41.9 Å². The normalized spacial score (nSPS) is 16.8. The van der Waals surface area contributed by atoms with Crippen molar-refractivity contribution in [3.05, 3.63) is 34.9 Å². The Morgan fingerprint density at radius 3 is 2.40 bits per heavy atom. The Bertz CT molecular complexity index is 474. The van der Waals surface area contributed by atoms with Gasteiger partial charge in [0.05, 0.1) is 0 Å². The summed E-state index contributed by atoms with van der Waals surface area (Å²) in [6.07, 6.45) is 0. The van der Waals surface area contributed by atoms with Crippen molar-refractivity contribution in [1.29, 1.82) is 0 Å². The van der Waals surface area contributed by atoms with Crippen molar-refractivity contribution in [2.45, 2.75) is 34.2 Å². The molecule has 1 heterocycles. The Labute approximate surface area is 122 Å². The Morgan fingerprint density at radius 2 is 1.80 bits per heavy atom. The summed E-state index contributed by atoms with van der Waals surface area (Å²) in [7, 11) is 0. The van der Waals surface area contributed by atoms with Crippen LogP contribution in [0.3, 0.4) is 0 Å². The molecule has 1 aliphatic heterocycles. The average Bonchev–Trinajstić information content (AvgIpc) is 2.43. The van der Waals surface area contributed by atoms with E-state index in [4.69, 9.17) is 0 Å². The number of piperazine rings is 1. The molecule has 110 valence electrons. The van der Waals surface area contributed by atoms with Crippen molar-refractivity contribution in [2.75, 3.05) is 26.2 Å². The molecule has 0 N–H and O–H groups in total. The summed E-state index contributed by atoms with van der Waals surface area (Å²) in [5.74, 6) is 0.400. The second-order valence-corrected chi connectivity index (χ2v) is 6.19. The number of nitrogens with zero attached hydrogens (tertiary/aromatic N) is 2. The number of rotatable bonds is 3. The number of hydrogen-bond acceptors (Lipinski definition) is 2. The summed E-state index contributed by atoms with van der Waals surface area (Å²) in [6.45, 7) is 12.9. The Hall–Kier alpha value is -1.35. The number of carbonyl (C=O) groups excluding carboxylic acids is 1. The molecule has 0 atom stereocenters. The maximum Gasteiger partial charge on any atom is 0.225 e. The first kappa shape index (κ1) is 15.0. The number of carbonyl (C=O) groups is 1. The highest BCUT2D eigenvalue weighted by Gasteiger charge is 2.22. The standard InChI is InChI=1S/C17H26N2O/c1-13(2)17(20)19-9-7-18(8-10-19)12-16-11-14(3)5-6-15(16)4/h5-6,11,13H,7-10,12H2,1-4H3. The van der Waals surface area contributed by atoms with E-state index in [1.54, 1.807) is 0 Å². The number of hydrogen-bond donors (Lipinski definition) is 0. The van der Waals surface area contributed by atoms with E-state index in [-0.39, 0.29) is 11.8 Å². The molecular formula is C17H26N2O. The minimum Gasteiger partial charge on any atom is -0.340 e. The fourth-order valence-corrected chi connectivity index (χ4v) is 2.70. The second kappa shape index (κ2) is 6.40. The fourth-order valence-electron chi connectivity index (χ4n) is 2.70. The summed E-state index contributed by atoms with van der Waals surface area (Å²) in [5.41, 5.74) is 4.09. The third-order valence-electron chi connectivity index (χ3n) is 4.08. The Kier molecular flexibility index (Phi) is 4.81. The highest BCUT2D eigenvalue weighted by atomic mass is 16.2. The van der Waals surface area contributed by atoms with Crippen molar-refractivity contribution in [3.8, 4) is 0 Å². The molecule has 0 unspecified atom stereocenters. The lowest BCUT2D eigenvalue weighted by Crippen LogP contribution is -2.49. The van der Waals surface area contributed by atoms with Crippen LogP contribution in [0.15, 0.2) is 18.2 Å². The van der Waals surface area contributed by atoms with Crippen LogP contribution in [0.5, 0.6) is 0 Å². The van der Waals surface area contributed by atoms with Gasteiger partial charge in [-0.05, 0) is 25.0 Å². The van der Waals surface area contributed by atoms with Gasteiger partial charge in [0.25, 0.3) is 0 Å². The van der Waals surface area contributed by atoms with E-state index in [1.807, 2.05) is 18.7 Å². The first-order valence-corrected chi connectivity index (χ1v) is 7.54. The number of benzene rings is 1.